The lowest BCUT2D eigenvalue weighted by molar-refractivity contribution is -0.116. The number of anilines is 1. The molecule has 0 saturated heterocycles. The lowest BCUT2D eigenvalue weighted by Crippen LogP contribution is -2.27. The van der Waals surface area contributed by atoms with E-state index in [2.05, 4.69) is 10.3 Å². The van der Waals surface area contributed by atoms with Gasteiger partial charge in [0.25, 0.3) is 5.56 Å². The first-order valence-electron chi connectivity index (χ1n) is 7.95. The summed E-state index contributed by atoms with van der Waals surface area (Å²) in [4.78, 5) is 29.4. The highest BCUT2D eigenvalue weighted by molar-refractivity contribution is 7.25. The summed E-state index contributed by atoms with van der Waals surface area (Å²) in [5, 5.41) is 4.13. The molecular weight excluding hydrogens is 370 g/mol. The van der Waals surface area contributed by atoms with Crippen LogP contribution in [0.15, 0.2) is 53.6 Å². The molecule has 0 unspecified atom stereocenters. The predicted molar refractivity (Wildman–Crippen MR) is 106 cm³/mol. The summed E-state index contributed by atoms with van der Waals surface area (Å²) in [5.41, 5.74) is 2.13. The Labute approximate surface area is 157 Å². The van der Waals surface area contributed by atoms with Crippen LogP contribution in [-0.4, -0.2) is 15.5 Å². The van der Waals surface area contributed by atoms with Crippen molar-refractivity contribution in [2.45, 2.75) is 13.5 Å². The fourth-order valence-electron chi connectivity index (χ4n) is 2.77. The van der Waals surface area contributed by atoms with E-state index < -0.39 is 0 Å². The number of hydrogen-bond donors (Lipinski definition) is 1. The Morgan fingerprint density at radius 3 is 2.77 bits per heavy atom. The number of carbonyl (C=O) groups is 1. The van der Waals surface area contributed by atoms with Crippen molar-refractivity contribution in [1.82, 2.24) is 9.55 Å². The Balaban J connectivity index is 1.66. The van der Waals surface area contributed by atoms with Crippen LogP contribution < -0.4 is 10.9 Å². The highest BCUT2D eigenvalue weighted by atomic mass is 35.5. The van der Waals surface area contributed by atoms with Gasteiger partial charge in [-0.05, 0) is 31.2 Å². The first-order chi connectivity index (χ1) is 12.5. The quantitative estimate of drug-likeness (QED) is 0.576. The van der Waals surface area contributed by atoms with Crippen LogP contribution >= 0.6 is 22.9 Å². The second-order valence-electron chi connectivity index (χ2n) is 5.98. The fourth-order valence-corrected chi connectivity index (χ4v) is 4.23. The van der Waals surface area contributed by atoms with Crippen LogP contribution in [-0.2, 0) is 11.3 Å². The van der Waals surface area contributed by atoms with E-state index in [9.17, 15) is 9.59 Å². The molecular formula is C19H14ClN3O2S. The Morgan fingerprint density at radius 1 is 1.23 bits per heavy atom. The standard InChI is InChI=1S/C19H14ClN3O2S/c1-11-5-7-12(8-6-11)22-15(24)9-23-10-21-17-16-13(20)3-2-4-14(16)26-18(17)19(23)25/h2-8,10H,9H2,1H3,(H,22,24). The molecule has 2 heterocycles. The summed E-state index contributed by atoms with van der Waals surface area (Å²) in [5.74, 6) is -0.281. The van der Waals surface area contributed by atoms with Crippen molar-refractivity contribution >= 4 is 54.8 Å². The first kappa shape index (κ1) is 16.8. The lowest BCUT2D eigenvalue weighted by atomic mass is 10.2. The van der Waals surface area contributed by atoms with Gasteiger partial charge in [0.05, 0.1) is 16.9 Å². The van der Waals surface area contributed by atoms with E-state index in [1.165, 1.54) is 22.2 Å². The Bertz CT molecular complexity index is 1200. The molecule has 1 amide bonds. The van der Waals surface area contributed by atoms with Crippen LogP contribution in [0.5, 0.6) is 0 Å². The average molecular weight is 384 g/mol. The normalized spacial score (nSPS) is 11.2. The summed E-state index contributed by atoms with van der Waals surface area (Å²) >= 11 is 7.59. The van der Waals surface area contributed by atoms with Crippen LogP contribution in [0.3, 0.4) is 0 Å². The molecule has 0 aliphatic rings. The minimum Gasteiger partial charge on any atom is -0.325 e. The highest BCUT2D eigenvalue weighted by Gasteiger charge is 2.15. The van der Waals surface area contributed by atoms with E-state index in [-0.39, 0.29) is 18.0 Å². The van der Waals surface area contributed by atoms with Gasteiger partial charge in [0.2, 0.25) is 5.91 Å². The molecule has 7 heteroatoms. The number of amides is 1. The van der Waals surface area contributed by atoms with Gasteiger partial charge in [-0.1, -0.05) is 35.4 Å². The maximum absolute atomic E-state index is 12.8. The number of nitrogens with one attached hydrogen (secondary N) is 1. The van der Waals surface area contributed by atoms with E-state index in [4.69, 9.17) is 11.6 Å². The summed E-state index contributed by atoms with van der Waals surface area (Å²) in [6.07, 6.45) is 1.40. The van der Waals surface area contributed by atoms with Crippen molar-refractivity contribution in [2.24, 2.45) is 0 Å². The Morgan fingerprint density at radius 2 is 2.00 bits per heavy atom. The van der Waals surface area contributed by atoms with Crippen molar-refractivity contribution < 1.29 is 4.79 Å². The van der Waals surface area contributed by atoms with E-state index in [1.807, 2.05) is 43.3 Å². The smallest absolute Gasteiger partial charge is 0.271 e. The monoisotopic (exact) mass is 383 g/mol. The van der Waals surface area contributed by atoms with Gasteiger partial charge in [0.15, 0.2) is 0 Å². The molecule has 0 atom stereocenters. The van der Waals surface area contributed by atoms with Crippen molar-refractivity contribution in [3.05, 3.63) is 69.7 Å². The third-order valence-corrected chi connectivity index (χ3v) is 5.52. The summed E-state index contributed by atoms with van der Waals surface area (Å²) in [6.45, 7) is 1.88. The van der Waals surface area contributed by atoms with Crippen LogP contribution in [0, 0.1) is 6.92 Å². The molecule has 0 bridgehead atoms. The van der Waals surface area contributed by atoms with Crippen LogP contribution in [0.25, 0.3) is 20.3 Å². The SMILES string of the molecule is Cc1ccc(NC(=O)Cn2cnc3c(sc4cccc(Cl)c43)c2=O)cc1. The molecule has 26 heavy (non-hydrogen) atoms. The highest BCUT2D eigenvalue weighted by Crippen LogP contribution is 2.34. The van der Waals surface area contributed by atoms with Crippen LogP contribution in [0.4, 0.5) is 5.69 Å². The van der Waals surface area contributed by atoms with Crippen LogP contribution in [0.1, 0.15) is 5.56 Å². The topological polar surface area (TPSA) is 64.0 Å². The third-order valence-electron chi connectivity index (χ3n) is 4.07. The lowest BCUT2D eigenvalue weighted by Gasteiger charge is -2.07. The van der Waals surface area contributed by atoms with Gasteiger partial charge in [0.1, 0.15) is 11.2 Å². The average Bonchev–Trinajstić information content (AvgIpc) is 3.00. The van der Waals surface area contributed by atoms with Crippen LogP contribution in [0.2, 0.25) is 5.02 Å². The molecule has 0 aliphatic carbocycles. The minimum absolute atomic E-state index is 0.0996. The number of hydrogen-bond acceptors (Lipinski definition) is 4. The number of thiophene rings is 1. The molecule has 0 fully saturated rings. The molecule has 0 spiro atoms. The number of aryl methyl sites for hydroxylation is 1. The fraction of sp³-hybridized carbons (Fsp3) is 0.105. The molecule has 0 radical (unpaired) electrons. The number of fused-ring (bicyclic) bond motifs is 3. The zero-order valence-electron chi connectivity index (χ0n) is 13.8. The zero-order chi connectivity index (χ0) is 18.3. The Hall–Kier alpha value is -2.70. The molecule has 5 nitrogen and oxygen atoms in total. The maximum Gasteiger partial charge on any atom is 0.271 e. The van der Waals surface area contributed by atoms with Gasteiger partial charge in [-0.25, -0.2) is 4.98 Å². The number of benzene rings is 2. The largest absolute Gasteiger partial charge is 0.325 e. The molecule has 0 saturated carbocycles. The summed E-state index contributed by atoms with van der Waals surface area (Å²) in [6, 6.07) is 13.0. The third kappa shape index (κ3) is 2.98. The predicted octanol–water partition coefficient (Wildman–Crippen LogP) is 4.21. The molecule has 0 aliphatic heterocycles. The van der Waals surface area contributed by atoms with Crippen molar-refractivity contribution in [1.29, 1.82) is 0 Å². The Kier molecular flexibility index (Phi) is 4.22. The molecule has 1 N–H and O–H groups in total. The van der Waals surface area contributed by atoms with Crippen molar-refractivity contribution in [2.75, 3.05) is 5.32 Å². The zero-order valence-corrected chi connectivity index (χ0v) is 15.4. The summed E-state index contributed by atoms with van der Waals surface area (Å²) < 4.78 is 2.72. The second kappa shape index (κ2) is 6.55. The number of halogens is 1. The van der Waals surface area contributed by atoms with Gasteiger partial charge < -0.3 is 5.32 Å². The summed E-state index contributed by atoms with van der Waals surface area (Å²) in [7, 11) is 0. The molecule has 130 valence electrons. The molecule has 4 rings (SSSR count). The van der Waals surface area contributed by atoms with E-state index in [0.29, 0.717) is 20.9 Å². The minimum atomic E-state index is -0.281. The molecule has 2 aromatic heterocycles. The van der Waals surface area contributed by atoms with Gasteiger partial charge in [-0.15, -0.1) is 11.3 Å². The number of rotatable bonds is 3. The van der Waals surface area contributed by atoms with Gasteiger partial charge in [0, 0.05) is 15.8 Å². The van der Waals surface area contributed by atoms with Gasteiger partial charge in [-0.2, -0.15) is 0 Å². The maximum atomic E-state index is 12.8. The van der Waals surface area contributed by atoms with Gasteiger partial charge in [-0.3, -0.25) is 14.2 Å². The molecule has 2 aromatic carbocycles. The number of nitrogens with zero attached hydrogens (tertiary/aromatic N) is 2. The first-order valence-corrected chi connectivity index (χ1v) is 9.15. The number of carbonyl (C=O) groups excluding carboxylic acids is 1. The van der Waals surface area contributed by atoms with Crippen molar-refractivity contribution in [3.8, 4) is 0 Å². The van der Waals surface area contributed by atoms with E-state index in [0.717, 1.165) is 15.6 Å². The van der Waals surface area contributed by atoms with E-state index in [1.54, 1.807) is 6.07 Å². The van der Waals surface area contributed by atoms with Crippen molar-refractivity contribution in [3.63, 3.8) is 0 Å². The van der Waals surface area contributed by atoms with Gasteiger partial charge >= 0.3 is 0 Å². The van der Waals surface area contributed by atoms with E-state index >= 15 is 0 Å². The number of aromatic nitrogens is 2. The second-order valence-corrected chi connectivity index (χ2v) is 7.44. The molecule has 4 aromatic rings.